The minimum absolute atomic E-state index is 0.0189. The van der Waals surface area contributed by atoms with Gasteiger partial charge in [-0.1, -0.05) is 36.4 Å². The lowest BCUT2D eigenvalue weighted by Gasteiger charge is -2.48. The van der Waals surface area contributed by atoms with Crippen LogP contribution in [0.15, 0.2) is 72.8 Å². The number of amides is 1. The van der Waals surface area contributed by atoms with Gasteiger partial charge in [-0.2, -0.15) is 5.26 Å². The first-order valence-electron chi connectivity index (χ1n) is 10.1. The zero-order valence-electron chi connectivity index (χ0n) is 16.8. The second-order valence-corrected chi connectivity index (χ2v) is 8.42. The second kappa shape index (κ2) is 8.88. The molecule has 4 nitrogen and oxygen atoms in total. The molecule has 1 N–H and O–H groups in total. The number of carbonyl (C=O) groups is 1. The summed E-state index contributed by atoms with van der Waals surface area (Å²) < 4.78 is 13.2. The fourth-order valence-electron chi connectivity index (χ4n) is 4.15. The summed E-state index contributed by atoms with van der Waals surface area (Å²) >= 11 is 0. The van der Waals surface area contributed by atoms with Gasteiger partial charge < -0.3 is 10.0 Å². The maximum atomic E-state index is 13.2. The molecule has 6 heteroatoms. The predicted molar refractivity (Wildman–Crippen MR) is 122 cm³/mol. The van der Waals surface area contributed by atoms with Gasteiger partial charge in [-0.3, -0.25) is 4.79 Å². The third-order valence-electron chi connectivity index (χ3n) is 5.81. The third kappa shape index (κ3) is 4.31. The Labute approximate surface area is 183 Å². The molecule has 1 aliphatic rings. The molecular weight excluding hydrogens is 410 g/mol. The number of carbonyl (C=O) groups excluding carboxylic acids is 1. The van der Waals surface area contributed by atoms with Gasteiger partial charge in [0.2, 0.25) is 5.91 Å². The molecule has 4 rings (SSSR count). The van der Waals surface area contributed by atoms with E-state index in [-0.39, 0.29) is 29.4 Å². The SMILES string of the molecule is N#CC(CC[C@H]1C(=O)N(c2ccc(P)cc2)C1c1ccc(O)cc1)c1ccc(F)cc1. The monoisotopic (exact) mass is 432 g/mol. The summed E-state index contributed by atoms with van der Waals surface area (Å²) in [5.41, 5.74) is 2.51. The zero-order chi connectivity index (χ0) is 22.0. The molecule has 0 radical (unpaired) electrons. The Hall–Kier alpha value is -3.22. The quantitative estimate of drug-likeness (QED) is 0.449. The fraction of sp³-hybridized carbons (Fsp3) is 0.200. The van der Waals surface area contributed by atoms with Gasteiger partial charge in [0.05, 0.1) is 23.9 Å². The van der Waals surface area contributed by atoms with Crippen LogP contribution >= 0.6 is 9.24 Å². The fourth-order valence-corrected chi connectivity index (χ4v) is 4.35. The van der Waals surface area contributed by atoms with E-state index in [2.05, 4.69) is 15.3 Å². The highest BCUT2D eigenvalue weighted by Crippen LogP contribution is 2.46. The van der Waals surface area contributed by atoms with E-state index in [0.717, 1.165) is 22.1 Å². The molecule has 1 amide bonds. The Balaban J connectivity index is 1.57. The number of nitriles is 1. The molecule has 3 aromatic rings. The highest BCUT2D eigenvalue weighted by atomic mass is 31.0. The van der Waals surface area contributed by atoms with Crippen LogP contribution in [0.5, 0.6) is 5.75 Å². The minimum atomic E-state index is -0.403. The standard InChI is InChI=1S/C25H22FN2O2P/c26-19-6-1-16(2-7-19)18(15-27)5-14-23-24(17-3-10-21(29)11-4-17)28(25(23)30)20-8-12-22(31)13-9-20/h1-4,6-13,18,23-24,29H,5,14,31H2/t18?,23-,24?/m1/s1. The van der Waals surface area contributed by atoms with Crippen molar-refractivity contribution in [2.24, 2.45) is 5.92 Å². The summed E-state index contributed by atoms with van der Waals surface area (Å²) in [5, 5.41) is 20.3. The lowest BCUT2D eigenvalue weighted by atomic mass is 9.77. The number of hydrogen-bond donors (Lipinski definition) is 1. The number of aromatic hydroxyl groups is 1. The molecule has 1 aliphatic heterocycles. The van der Waals surface area contributed by atoms with Gasteiger partial charge in [-0.25, -0.2) is 4.39 Å². The van der Waals surface area contributed by atoms with Gasteiger partial charge >= 0.3 is 0 Å². The van der Waals surface area contributed by atoms with Gasteiger partial charge in [0, 0.05) is 5.69 Å². The molecule has 1 heterocycles. The molecule has 0 bridgehead atoms. The lowest BCUT2D eigenvalue weighted by molar-refractivity contribution is -0.130. The van der Waals surface area contributed by atoms with E-state index >= 15 is 0 Å². The maximum absolute atomic E-state index is 13.2. The molecule has 3 unspecified atom stereocenters. The number of benzene rings is 3. The van der Waals surface area contributed by atoms with Crippen molar-refractivity contribution in [1.29, 1.82) is 5.26 Å². The van der Waals surface area contributed by atoms with Crippen LogP contribution in [0.3, 0.4) is 0 Å². The molecule has 31 heavy (non-hydrogen) atoms. The molecular formula is C25H22FN2O2P. The predicted octanol–water partition coefficient (Wildman–Crippen LogP) is 4.82. The Bertz CT molecular complexity index is 1110. The highest BCUT2D eigenvalue weighted by Gasteiger charge is 2.48. The molecule has 1 fully saturated rings. The summed E-state index contributed by atoms with van der Waals surface area (Å²) in [4.78, 5) is 14.9. The maximum Gasteiger partial charge on any atom is 0.233 e. The zero-order valence-corrected chi connectivity index (χ0v) is 17.9. The van der Waals surface area contributed by atoms with E-state index in [0.29, 0.717) is 12.8 Å². The van der Waals surface area contributed by atoms with Crippen molar-refractivity contribution in [2.45, 2.75) is 24.8 Å². The van der Waals surface area contributed by atoms with Gasteiger partial charge in [0.15, 0.2) is 0 Å². The second-order valence-electron chi connectivity index (χ2n) is 7.75. The smallest absolute Gasteiger partial charge is 0.233 e. The van der Waals surface area contributed by atoms with Crippen molar-refractivity contribution in [3.05, 3.63) is 89.7 Å². The number of β-lactam (4-membered cyclic amide) rings is 1. The average Bonchev–Trinajstić information content (AvgIpc) is 2.78. The van der Waals surface area contributed by atoms with Crippen molar-refractivity contribution in [3.63, 3.8) is 0 Å². The largest absolute Gasteiger partial charge is 0.508 e. The van der Waals surface area contributed by atoms with Crippen LogP contribution in [-0.4, -0.2) is 11.0 Å². The van der Waals surface area contributed by atoms with E-state index in [1.54, 1.807) is 29.2 Å². The van der Waals surface area contributed by atoms with E-state index in [9.17, 15) is 19.6 Å². The van der Waals surface area contributed by atoms with Crippen LogP contribution in [0.2, 0.25) is 0 Å². The van der Waals surface area contributed by atoms with Crippen LogP contribution in [0, 0.1) is 23.1 Å². The summed E-state index contributed by atoms with van der Waals surface area (Å²) in [5.74, 6) is -0.818. The van der Waals surface area contributed by atoms with Crippen LogP contribution in [0.1, 0.15) is 35.9 Å². The van der Waals surface area contributed by atoms with E-state index in [1.165, 1.54) is 12.1 Å². The highest BCUT2D eigenvalue weighted by molar-refractivity contribution is 7.27. The molecule has 0 aromatic heterocycles. The van der Waals surface area contributed by atoms with E-state index in [1.807, 2.05) is 36.4 Å². The first kappa shape index (κ1) is 21.0. The van der Waals surface area contributed by atoms with Gasteiger partial charge in [-0.05, 0) is 65.7 Å². The number of halogens is 1. The Morgan fingerprint density at radius 3 is 2.29 bits per heavy atom. The Morgan fingerprint density at radius 2 is 1.68 bits per heavy atom. The lowest BCUT2D eigenvalue weighted by Crippen LogP contribution is -2.55. The normalized spacial score (nSPS) is 18.9. The van der Waals surface area contributed by atoms with E-state index < -0.39 is 5.92 Å². The minimum Gasteiger partial charge on any atom is -0.508 e. The first-order chi connectivity index (χ1) is 15.0. The van der Waals surface area contributed by atoms with Crippen molar-refractivity contribution in [1.82, 2.24) is 0 Å². The summed E-state index contributed by atoms with van der Waals surface area (Å²) in [6.45, 7) is 0. The molecule has 0 spiro atoms. The van der Waals surface area contributed by atoms with Crippen molar-refractivity contribution in [3.8, 4) is 11.8 Å². The molecule has 156 valence electrons. The number of hydrogen-bond acceptors (Lipinski definition) is 3. The number of phenolic OH excluding ortho intramolecular Hbond substituents is 1. The van der Waals surface area contributed by atoms with Gasteiger partial charge in [-0.15, -0.1) is 9.24 Å². The summed E-state index contributed by atoms with van der Waals surface area (Å²) in [6, 6.07) is 22.7. The number of rotatable bonds is 6. The first-order valence-corrected chi connectivity index (χ1v) is 10.7. The molecule has 4 atom stereocenters. The topological polar surface area (TPSA) is 64.3 Å². The van der Waals surface area contributed by atoms with Gasteiger partial charge in [0.1, 0.15) is 11.6 Å². The Morgan fingerprint density at radius 1 is 1.03 bits per heavy atom. The summed E-state index contributed by atoms with van der Waals surface area (Å²) in [7, 11) is 2.63. The molecule has 0 aliphatic carbocycles. The van der Waals surface area contributed by atoms with Crippen LogP contribution in [0.25, 0.3) is 0 Å². The third-order valence-corrected chi connectivity index (χ3v) is 6.20. The van der Waals surface area contributed by atoms with Gasteiger partial charge in [0.25, 0.3) is 0 Å². The van der Waals surface area contributed by atoms with Crippen molar-refractivity contribution >= 4 is 26.1 Å². The summed E-state index contributed by atoms with van der Waals surface area (Å²) in [6.07, 6.45) is 1.05. The van der Waals surface area contributed by atoms with E-state index in [4.69, 9.17) is 0 Å². The van der Waals surface area contributed by atoms with Crippen LogP contribution in [0.4, 0.5) is 10.1 Å². The molecule has 3 aromatic carbocycles. The molecule has 1 saturated heterocycles. The molecule has 0 saturated carbocycles. The van der Waals surface area contributed by atoms with Crippen LogP contribution in [-0.2, 0) is 4.79 Å². The number of phenols is 1. The van der Waals surface area contributed by atoms with Crippen molar-refractivity contribution < 1.29 is 14.3 Å². The van der Waals surface area contributed by atoms with Crippen LogP contribution < -0.4 is 10.2 Å². The number of nitrogens with zero attached hydrogens (tertiary/aromatic N) is 2. The Kier molecular flexibility index (Phi) is 6.02. The van der Waals surface area contributed by atoms with Crippen molar-refractivity contribution in [2.75, 3.05) is 4.90 Å². The number of anilines is 1. The average molecular weight is 432 g/mol.